The first-order valence-electron chi connectivity index (χ1n) is 10.5. The van der Waals surface area contributed by atoms with Crippen molar-refractivity contribution in [3.05, 3.63) is 65.7 Å². The van der Waals surface area contributed by atoms with Crippen LogP contribution in [-0.2, 0) is 11.2 Å². The van der Waals surface area contributed by atoms with Gasteiger partial charge in [0, 0.05) is 32.6 Å². The van der Waals surface area contributed by atoms with Crippen LogP contribution in [0.4, 0.5) is 0 Å². The number of hydrogen-bond acceptors (Lipinski definition) is 4. The van der Waals surface area contributed by atoms with Crippen molar-refractivity contribution in [3.63, 3.8) is 0 Å². The topological polar surface area (TPSA) is 42.0 Å². The fourth-order valence-corrected chi connectivity index (χ4v) is 4.32. The third kappa shape index (κ3) is 4.80. The lowest BCUT2D eigenvalue weighted by Crippen LogP contribution is -2.56. The zero-order valence-corrected chi connectivity index (χ0v) is 17.2. The van der Waals surface area contributed by atoms with Gasteiger partial charge in [-0.05, 0) is 37.6 Å². The molecule has 2 heterocycles. The molecule has 2 aromatic rings. The van der Waals surface area contributed by atoms with Crippen LogP contribution in [0.5, 0.6) is 5.75 Å². The number of hydrogen-bond donors (Lipinski definition) is 0. The Morgan fingerprint density at radius 3 is 2.52 bits per heavy atom. The Bertz CT molecular complexity index is 816. The van der Waals surface area contributed by atoms with Crippen LogP contribution in [0.2, 0.25) is 0 Å². The van der Waals surface area contributed by atoms with E-state index < -0.39 is 0 Å². The Morgan fingerprint density at radius 1 is 1.03 bits per heavy atom. The maximum Gasteiger partial charge on any atom is 0.257 e. The van der Waals surface area contributed by atoms with Crippen molar-refractivity contribution < 1.29 is 14.3 Å². The molecular weight excluding hydrogens is 364 g/mol. The zero-order chi connectivity index (χ0) is 20.1. The van der Waals surface area contributed by atoms with E-state index in [-0.39, 0.29) is 11.5 Å². The van der Waals surface area contributed by atoms with E-state index in [2.05, 4.69) is 24.1 Å². The third-order valence-corrected chi connectivity index (χ3v) is 6.01. The summed E-state index contributed by atoms with van der Waals surface area (Å²) in [6.45, 7) is 4.72. The number of benzene rings is 2. The molecule has 0 saturated carbocycles. The van der Waals surface area contributed by atoms with E-state index in [1.165, 1.54) is 5.56 Å². The van der Waals surface area contributed by atoms with Gasteiger partial charge in [0.1, 0.15) is 5.75 Å². The van der Waals surface area contributed by atoms with Gasteiger partial charge in [0.25, 0.3) is 5.91 Å². The van der Waals surface area contributed by atoms with E-state index in [0.717, 1.165) is 52.0 Å². The highest BCUT2D eigenvalue weighted by atomic mass is 16.5. The summed E-state index contributed by atoms with van der Waals surface area (Å²) in [5.74, 6) is 0.724. The van der Waals surface area contributed by atoms with Gasteiger partial charge in [-0.25, -0.2) is 0 Å². The number of ether oxygens (including phenoxy) is 2. The molecular formula is C24H30N2O3. The Labute approximate surface area is 173 Å². The molecule has 1 amide bonds. The molecule has 29 heavy (non-hydrogen) atoms. The SMILES string of the molecule is CN1CCOC2(CCN(C(=O)c3ccccc3OCCc3ccccc3)CC2)C1. The maximum atomic E-state index is 13.2. The van der Waals surface area contributed by atoms with Crippen LogP contribution in [0, 0.1) is 0 Å². The summed E-state index contributed by atoms with van der Waals surface area (Å²) in [7, 11) is 2.14. The molecule has 0 N–H and O–H groups in total. The lowest BCUT2D eigenvalue weighted by molar-refractivity contribution is -0.127. The molecule has 2 aliphatic heterocycles. The number of likely N-dealkylation sites (N-methyl/N-ethyl adjacent to an activating group) is 1. The van der Waals surface area contributed by atoms with Gasteiger partial charge >= 0.3 is 0 Å². The van der Waals surface area contributed by atoms with E-state index in [9.17, 15) is 4.79 Å². The zero-order valence-electron chi connectivity index (χ0n) is 17.2. The lowest BCUT2D eigenvalue weighted by Gasteiger charge is -2.46. The summed E-state index contributed by atoms with van der Waals surface area (Å²) in [5, 5.41) is 0. The minimum Gasteiger partial charge on any atom is -0.492 e. The number of likely N-dealkylation sites (tertiary alicyclic amines) is 1. The van der Waals surface area contributed by atoms with Crippen molar-refractivity contribution in [1.82, 2.24) is 9.80 Å². The predicted octanol–water partition coefficient (Wildman–Crippen LogP) is 3.24. The molecule has 2 saturated heterocycles. The van der Waals surface area contributed by atoms with Crippen LogP contribution in [-0.4, -0.2) is 67.7 Å². The lowest BCUT2D eigenvalue weighted by atomic mass is 9.89. The van der Waals surface area contributed by atoms with Gasteiger partial charge in [-0.2, -0.15) is 0 Å². The van der Waals surface area contributed by atoms with Gasteiger partial charge in [-0.15, -0.1) is 0 Å². The van der Waals surface area contributed by atoms with E-state index in [1.54, 1.807) is 0 Å². The molecule has 0 bridgehead atoms. The second kappa shape index (κ2) is 8.97. The van der Waals surface area contributed by atoms with E-state index in [1.807, 2.05) is 47.4 Å². The number of amides is 1. The molecule has 5 heteroatoms. The summed E-state index contributed by atoms with van der Waals surface area (Å²) in [6, 6.07) is 17.8. The molecule has 4 rings (SSSR count). The van der Waals surface area contributed by atoms with Crippen LogP contribution in [0.3, 0.4) is 0 Å². The first-order chi connectivity index (χ1) is 14.2. The largest absolute Gasteiger partial charge is 0.492 e. The minimum atomic E-state index is -0.0878. The van der Waals surface area contributed by atoms with E-state index >= 15 is 0 Å². The van der Waals surface area contributed by atoms with Gasteiger partial charge in [0.2, 0.25) is 0 Å². The number of rotatable bonds is 5. The molecule has 0 radical (unpaired) electrons. The first-order valence-corrected chi connectivity index (χ1v) is 10.5. The van der Waals surface area contributed by atoms with Crippen molar-refractivity contribution in [2.24, 2.45) is 0 Å². The number of piperidine rings is 1. The molecule has 0 aliphatic carbocycles. The molecule has 2 fully saturated rings. The molecule has 2 aliphatic rings. The average molecular weight is 395 g/mol. The van der Waals surface area contributed by atoms with Gasteiger partial charge in [-0.3, -0.25) is 4.79 Å². The quantitative estimate of drug-likeness (QED) is 0.781. The van der Waals surface area contributed by atoms with Crippen molar-refractivity contribution >= 4 is 5.91 Å². The van der Waals surface area contributed by atoms with Crippen LogP contribution in [0.25, 0.3) is 0 Å². The number of morpholine rings is 1. The Hall–Kier alpha value is -2.37. The highest BCUT2D eigenvalue weighted by Gasteiger charge is 2.40. The Morgan fingerprint density at radius 2 is 1.76 bits per heavy atom. The van der Waals surface area contributed by atoms with Crippen molar-refractivity contribution in [3.8, 4) is 5.75 Å². The fraction of sp³-hybridized carbons (Fsp3) is 0.458. The number of para-hydroxylation sites is 1. The standard InChI is InChI=1S/C24H30N2O3/c1-25-16-18-29-24(19-25)12-14-26(15-13-24)23(27)21-9-5-6-10-22(21)28-17-11-20-7-3-2-4-8-20/h2-10H,11-19H2,1H3. The summed E-state index contributed by atoms with van der Waals surface area (Å²) in [5.41, 5.74) is 1.79. The highest BCUT2D eigenvalue weighted by Crippen LogP contribution is 2.31. The molecule has 5 nitrogen and oxygen atoms in total. The summed E-state index contributed by atoms with van der Waals surface area (Å²) in [4.78, 5) is 17.5. The van der Waals surface area contributed by atoms with E-state index in [4.69, 9.17) is 9.47 Å². The monoisotopic (exact) mass is 394 g/mol. The Kier molecular flexibility index (Phi) is 6.16. The molecule has 0 atom stereocenters. The second-order valence-corrected chi connectivity index (χ2v) is 8.14. The van der Waals surface area contributed by atoms with Crippen molar-refractivity contribution in [2.75, 3.05) is 46.4 Å². The smallest absolute Gasteiger partial charge is 0.257 e. The van der Waals surface area contributed by atoms with Gasteiger partial charge in [0.05, 0.1) is 24.4 Å². The average Bonchev–Trinajstić information content (AvgIpc) is 2.75. The fourth-order valence-electron chi connectivity index (χ4n) is 4.32. The number of nitrogens with zero attached hydrogens (tertiary/aromatic N) is 2. The van der Waals surface area contributed by atoms with Gasteiger partial charge in [0.15, 0.2) is 0 Å². The molecule has 0 aromatic heterocycles. The van der Waals surface area contributed by atoms with Crippen molar-refractivity contribution in [1.29, 1.82) is 0 Å². The summed E-state index contributed by atoms with van der Waals surface area (Å²) in [6.07, 6.45) is 2.60. The minimum absolute atomic E-state index is 0.0549. The van der Waals surface area contributed by atoms with E-state index in [0.29, 0.717) is 17.9 Å². The van der Waals surface area contributed by atoms with Crippen LogP contribution in [0.1, 0.15) is 28.8 Å². The normalized spacial score (nSPS) is 19.3. The van der Waals surface area contributed by atoms with Crippen LogP contribution < -0.4 is 4.74 Å². The van der Waals surface area contributed by atoms with Crippen LogP contribution >= 0.6 is 0 Å². The molecule has 154 valence electrons. The van der Waals surface area contributed by atoms with Gasteiger partial charge < -0.3 is 19.3 Å². The Balaban J connectivity index is 1.36. The number of carbonyl (C=O) groups excluding carboxylic acids is 1. The van der Waals surface area contributed by atoms with Crippen LogP contribution in [0.15, 0.2) is 54.6 Å². The second-order valence-electron chi connectivity index (χ2n) is 8.14. The maximum absolute atomic E-state index is 13.2. The summed E-state index contributed by atoms with van der Waals surface area (Å²) >= 11 is 0. The predicted molar refractivity (Wildman–Crippen MR) is 113 cm³/mol. The first kappa shape index (κ1) is 19.9. The highest BCUT2D eigenvalue weighted by molar-refractivity contribution is 5.97. The number of carbonyl (C=O) groups is 1. The summed E-state index contributed by atoms with van der Waals surface area (Å²) < 4.78 is 12.1. The molecule has 0 unspecified atom stereocenters. The molecule has 1 spiro atoms. The van der Waals surface area contributed by atoms with Gasteiger partial charge in [-0.1, -0.05) is 42.5 Å². The third-order valence-electron chi connectivity index (χ3n) is 6.01. The molecule has 2 aromatic carbocycles. The van der Waals surface area contributed by atoms with Crippen molar-refractivity contribution in [2.45, 2.75) is 24.9 Å².